The molecule has 0 aliphatic heterocycles. The number of hydrogen-bond donors (Lipinski definition) is 2. The van der Waals surface area contributed by atoms with Crippen molar-refractivity contribution >= 4 is 22.7 Å². The summed E-state index contributed by atoms with van der Waals surface area (Å²) in [5, 5.41) is 0. The molecule has 0 saturated heterocycles. The molecule has 10 heavy (non-hydrogen) atoms. The van der Waals surface area contributed by atoms with Crippen LogP contribution < -0.4 is 59.1 Å². The van der Waals surface area contributed by atoms with Gasteiger partial charge in [0.1, 0.15) is 0 Å². The fraction of sp³-hybridized carbons (Fsp3) is 1.00. The Bertz CT molecular complexity index is 152. The van der Waals surface area contributed by atoms with Crippen molar-refractivity contribution < 1.29 is 74.9 Å². The van der Waals surface area contributed by atoms with Gasteiger partial charge in [0.05, 0.1) is 5.75 Å². The van der Waals surface area contributed by atoms with Gasteiger partial charge >= 0.3 is 59.1 Å². The Balaban J connectivity index is -0.0000000408. The molecule has 0 heterocycles. The number of hydrogen-bond acceptors (Lipinski definition) is 3. The van der Waals surface area contributed by atoms with Gasteiger partial charge in [0.2, 0.25) is 0 Å². The molecule has 0 aromatic rings. The van der Waals surface area contributed by atoms with Gasteiger partial charge in [0.15, 0.2) is 0 Å². The zero-order valence-corrected chi connectivity index (χ0v) is 12.0. The molecule has 0 bridgehead atoms. The maximum atomic E-state index is 9.91. The van der Waals surface area contributed by atoms with E-state index in [0.29, 0.717) is 12.2 Å². The van der Waals surface area contributed by atoms with Crippen LogP contribution >= 0.6 is 12.6 Å². The van der Waals surface area contributed by atoms with Crippen LogP contribution in [-0.2, 0) is 10.1 Å². The van der Waals surface area contributed by atoms with Gasteiger partial charge in [-0.15, -0.1) is 0 Å². The van der Waals surface area contributed by atoms with Crippen molar-refractivity contribution in [1.82, 2.24) is 0 Å². The van der Waals surface area contributed by atoms with Crippen molar-refractivity contribution in [2.24, 2.45) is 0 Å². The fourth-order valence-corrected chi connectivity index (χ4v) is 1.13. The van der Waals surface area contributed by atoms with E-state index in [2.05, 4.69) is 12.6 Å². The Morgan fingerprint density at radius 2 is 1.80 bits per heavy atom. The SMILES string of the molecule is O=S(=O)(O)CCCS.[H-].[H-].[Na+].[Na+]. The fourth-order valence-electron chi connectivity index (χ4n) is 0.247. The molecule has 1 N–H and O–H groups in total. The molecule has 0 aromatic heterocycles. The average Bonchev–Trinajstić information content (AvgIpc) is 1.59. The third-order valence-electron chi connectivity index (χ3n) is 0.560. The number of rotatable bonds is 3. The standard InChI is InChI=1S/C3H8O3S2.2Na.2H/c4-8(5,6)3-1-2-7;;;;/h7H,1-3H2,(H,4,5,6);;;;/q;2*+1;2*-1. The third kappa shape index (κ3) is 16.7. The molecule has 0 aliphatic rings. The summed E-state index contributed by atoms with van der Waals surface area (Å²) in [6, 6.07) is 0. The predicted octanol–water partition coefficient (Wildman–Crippen LogP) is -5.57. The van der Waals surface area contributed by atoms with Crippen molar-refractivity contribution in [3.05, 3.63) is 0 Å². The van der Waals surface area contributed by atoms with Crippen molar-refractivity contribution in [3.63, 3.8) is 0 Å². The Hall–Kier alpha value is 2.26. The molecule has 0 spiro atoms. The Kier molecular flexibility index (Phi) is 16.9. The van der Waals surface area contributed by atoms with Crippen molar-refractivity contribution in [2.45, 2.75) is 6.42 Å². The summed E-state index contributed by atoms with van der Waals surface area (Å²) in [5.41, 5.74) is 0. The Labute approximate surface area is 114 Å². The topological polar surface area (TPSA) is 54.4 Å². The summed E-state index contributed by atoms with van der Waals surface area (Å²) >= 11 is 3.76. The molecular weight excluding hydrogens is 194 g/mol. The third-order valence-corrected chi connectivity index (χ3v) is 1.68. The second kappa shape index (κ2) is 9.35. The second-order valence-corrected chi connectivity index (χ2v) is 3.38. The molecule has 0 atom stereocenters. The van der Waals surface area contributed by atoms with Gasteiger partial charge in [-0.2, -0.15) is 21.0 Å². The van der Waals surface area contributed by atoms with E-state index < -0.39 is 10.1 Å². The van der Waals surface area contributed by atoms with Crippen LogP contribution in [0.1, 0.15) is 9.27 Å². The maximum Gasteiger partial charge on any atom is 1.00 e. The van der Waals surface area contributed by atoms with Crippen LogP contribution in [0.15, 0.2) is 0 Å². The van der Waals surface area contributed by atoms with Crippen molar-refractivity contribution in [3.8, 4) is 0 Å². The van der Waals surface area contributed by atoms with Crippen LogP contribution in [0.5, 0.6) is 0 Å². The minimum atomic E-state index is -3.74. The van der Waals surface area contributed by atoms with Crippen LogP contribution in [0.25, 0.3) is 0 Å². The van der Waals surface area contributed by atoms with Gasteiger partial charge in [-0.3, -0.25) is 4.55 Å². The molecule has 3 nitrogen and oxygen atoms in total. The number of thiol groups is 1. The van der Waals surface area contributed by atoms with Gasteiger partial charge < -0.3 is 2.85 Å². The molecule has 7 heteroatoms. The van der Waals surface area contributed by atoms with Gasteiger partial charge in [-0.05, 0) is 12.2 Å². The maximum absolute atomic E-state index is 9.91. The van der Waals surface area contributed by atoms with E-state index in [9.17, 15) is 8.42 Å². The normalized spacial score (nSPS) is 9.40. The van der Waals surface area contributed by atoms with E-state index in [1.54, 1.807) is 0 Å². The van der Waals surface area contributed by atoms with Crippen LogP contribution in [-0.4, -0.2) is 24.5 Å². The van der Waals surface area contributed by atoms with E-state index in [0.717, 1.165) is 0 Å². The zero-order valence-electron chi connectivity index (χ0n) is 8.24. The molecule has 0 saturated carbocycles. The first kappa shape index (κ1) is 18.1. The van der Waals surface area contributed by atoms with Crippen LogP contribution in [0, 0.1) is 0 Å². The molecule has 0 unspecified atom stereocenters. The Morgan fingerprint density at radius 3 is 1.90 bits per heavy atom. The first-order valence-electron chi connectivity index (χ1n) is 2.12. The zero-order chi connectivity index (χ0) is 6.62. The molecule has 0 radical (unpaired) electrons. The summed E-state index contributed by atoms with van der Waals surface area (Å²) in [6.07, 6.45) is 0.405. The van der Waals surface area contributed by atoms with Crippen molar-refractivity contribution in [1.29, 1.82) is 0 Å². The molecule has 0 aliphatic carbocycles. The van der Waals surface area contributed by atoms with E-state index in [1.165, 1.54) is 0 Å². The molecule has 0 fully saturated rings. The predicted molar refractivity (Wildman–Crippen MR) is 37.1 cm³/mol. The minimum Gasteiger partial charge on any atom is -1.00 e. The van der Waals surface area contributed by atoms with Gasteiger partial charge in [-0.25, -0.2) is 0 Å². The first-order valence-corrected chi connectivity index (χ1v) is 4.36. The summed E-state index contributed by atoms with van der Waals surface area (Å²) in [4.78, 5) is 0. The quantitative estimate of drug-likeness (QED) is 0.274. The second-order valence-electron chi connectivity index (χ2n) is 1.36. The smallest absolute Gasteiger partial charge is 1.00 e. The van der Waals surface area contributed by atoms with E-state index in [-0.39, 0.29) is 67.7 Å². The molecule has 0 amide bonds. The molecule has 0 aromatic carbocycles. The average molecular weight is 204 g/mol. The van der Waals surface area contributed by atoms with Gasteiger partial charge in [-0.1, -0.05) is 0 Å². The first-order chi connectivity index (χ1) is 3.56. The monoisotopic (exact) mass is 204 g/mol. The summed E-state index contributed by atoms with van der Waals surface area (Å²) in [5.74, 6) is 0.302. The van der Waals surface area contributed by atoms with Crippen LogP contribution in [0.2, 0.25) is 0 Å². The van der Waals surface area contributed by atoms with E-state index in [1.807, 2.05) is 0 Å². The molecule has 54 valence electrons. The summed E-state index contributed by atoms with van der Waals surface area (Å²) in [6.45, 7) is 0. The van der Waals surface area contributed by atoms with Crippen LogP contribution in [0.3, 0.4) is 0 Å². The van der Waals surface area contributed by atoms with E-state index >= 15 is 0 Å². The molecular formula is C3H10Na2O3S2. The summed E-state index contributed by atoms with van der Waals surface area (Å²) < 4.78 is 27.9. The summed E-state index contributed by atoms with van der Waals surface area (Å²) in [7, 11) is -3.74. The molecule has 0 rings (SSSR count). The Morgan fingerprint density at radius 1 is 1.40 bits per heavy atom. The van der Waals surface area contributed by atoms with Gasteiger partial charge in [0, 0.05) is 0 Å². The minimum absolute atomic E-state index is 0. The van der Waals surface area contributed by atoms with Gasteiger partial charge in [0.25, 0.3) is 10.1 Å². The van der Waals surface area contributed by atoms with Crippen LogP contribution in [0.4, 0.5) is 0 Å². The van der Waals surface area contributed by atoms with E-state index in [4.69, 9.17) is 4.55 Å². The van der Waals surface area contributed by atoms with Crippen molar-refractivity contribution in [2.75, 3.05) is 11.5 Å². The largest absolute Gasteiger partial charge is 1.00 e.